The molecule has 0 bridgehead atoms. The number of nitrogens with two attached hydrogens (primary N) is 1. The van der Waals surface area contributed by atoms with Crippen LogP contribution in [0.15, 0.2) is 36.4 Å². The molecule has 0 aromatic heterocycles. The van der Waals surface area contributed by atoms with Gasteiger partial charge in [0.25, 0.3) is 5.91 Å². The lowest BCUT2D eigenvalue weighted by Crippen LogP contribution is -2.55. The molecular formula is C22H16ClF4N3O4. The Morgan fingerprint density at radius 1 is 1.18 bits per heavy atom. The Morgan fingerprint density at radius 3 is 2.47 bits per heavy atom. The van der Waals surface area contributed by atoms with Gasteiger partial charge in [0, 0.05) is 28.1 Å². The van der Waals surface area contributed by atoms with Gasteiger partial charge in [0.15, 0.2) is 0 Å². The van der Waals surface area contributed by atoms with E-state index < -0.39 is 64.2 Å². The van der Waals surface area contributed by atoms with Gasteiger partial charge in [-0.3, -0.25) is 24.5 Å². The molecular weight excluding hydrogens is 482 g/mol. The largest absolute Gasteiger partial charge is 0.398 e. The van der Waals surface area contributed by atoms with Crippen molar-refractivity contribution in [2.24, 2.45) is 5.73 Å². The summed E-state index contributed by atoms with van der Waals surface area (Å²) in [6.07, 6.45) is -5.59. The monoisotopic (exact) mass is 497 g/mol. The average molecular weight is 498 g/mol. The zero-order valence-corrected chi connectivity index (χ0v) is 17.9. The highest BCUT2D eigenvalue weighted by atomic mass is 35.5. The maximum Gasteiger partial charge on any atom is 0.398 e. The number of carbonyl (C=O) groups excluding carboxylic acids is 4. The van der Waals surface area contributed by atoms with Crippen LogP contribution in [-0.4, -0.2) is 40.7 Å². The van der Waals surface area contributed by atoms with Crippen LogP contribution >= 0.6 is 11.6 Å². The summed E-state index contributed by atoms with van der Waals surface area (Å²) in [6, 6.07) is 2.93. The summed E-state index contributed by atoms with van der Waals surface area (Å²) in [5.74, 6) is -7.45. The number of alkyl halides is 3. The molecule has 3 atom stereocenters. The van der Waals surface area contributed by atoms with Crippen molar-refractivity contribution in [2.45, 2.75) is 37.0 Å². The van der Waals surface area contributed by atoms with E-state index in [-0.39, 0.29) is 29.5 Å². The molecule has 2 heterocycles. The number of piperidine rings is 1. The topological polar surface area (TPSA) is 110 Å². The molecule has 1 fully saturated rings. The van der Waals surface area contributed by atoms with Gasteiger partial charge in [0.05, 0.1) is 6.04 Å². The lowest BCUT2D eigenvalue weighted by atomic mass is 9.84. The van der Waals surface area contributed by atoms with Crippen LogP contribution in [0.5, 0.6) is 0 Å². The summed E-state index contributed by atoms with van der Waals surface area (Å²) >= 11 is 5.99. The lowest BCUT2D eigenvalue weighted by Gasteiger charge is -2.39. The Balaban J connectivity index is 1.98. The van der Waals surface area contributed by atoms with E-state index in [1.54, 1.807) is 0 Å². The maximum absolute atomic E-state index is 14.8. The van der Waals surface area contributed by atoms with Crippen LogP contribution in [0.2, 0.25) is 5.02 Å². The first-order valence-corrected chi connectivity index (χ1v) is 10.4. The smallest absolute Gasteiger partial charge is 0.366 e. The summed E-state index contributed by atoms with van der Waals surface area (Å²) in [5.41, 5.74) is 3.73. The molecule has 0 saturated carbocycles. The van der Waals surface area contributed by atoms with Gasteiger partial charge in [0.1, 0.15) is 17.8 Å². The molecule has 2 aromatic carbocycles. The van der Waals surface area contributed by atoms with Crippen molar-refractivity contribution in [1.29, 1.82) is 0 Å². The van der Waals surface area contributed by atoms with E-state index in [2.05, 4.69) is 0 Å². The molecule has 1 saturated heterocycles. The first kappa shape index (κ1) is 23.7. The van der Waals surface area contributed by atoms with Gasteiger partial charge in [-0.05, 0) is 42.3 Å². The van der Waals surface area contributed by atoms with Gasteiger partial charge in [-0.25, -0.2) is 4.39 Å². The number of primary amides is 1. The van der Waals surface area contributed by atoms with Crippen molar-refractivity contribution < 1.29 is 36.7 Å². The predicted octanol–water partition coefficient (Wildman–Crippen LogP) is 3.23. The normalized spacial score (nSPS) is 21.3. The number of halogens is 5. The first-order chi connectivity index (χ1) is 15.9. The maximum atomic E-state index is 14.8. The highest BCUT2D eigenvalue weighted by Gasteiger charge is 2.57. The van der Waals surface area contributed by atoms with Crippen molar-refractivity contribution in [3.63, 3.8) is 0 Å². The van der Waals surface area contributed by atoms with Crippen molar-refractivity contribution in [3.05, 3.63) is 69.5 Å². The predicted molar refractivity (Wildman–Crippen MR) is 110 cm³/mol. The zero-order chi connectivity index (χ0) is 24.9. The number of hydrogen-bond acceptors (Lipinski definition) is 4. The van der Waals surface area contributed by atoms with Crippen LogP contribution in [0.3, 0.4) is 0 Å². The van der Waals surface area contributed by atoms with Gasteiger partial charge in [0.2, 0.25) is 17.7 Å². The van der Waals surface area contributed by atoms with E-state index in [1.165, 1.54) is 6.07 Å². The fourth-order valence-corrected chi connectivity index (χ4v) is 4.78. The third-order valence-electron chi connectivity index (χ3n) is 5.94. The fraction of sp³-hybridized carbons (Fsp3) is 0.273. The quantitative estimate of drug-likeness (QED) is 0.499. The molecule has 2 aliphatic heterocycles. The summed E-state index contributed by atoms with van der Waals surface area (Å²) in [7, 11) is 0. The van der Waals surface area contributed by atoms with E-state index in [0.29, 0.717) is 4.90 Å². The minimum absolute atomic E-state index is 0.178. The molecule has 3 N–H and O–H groups in total. The Hall–Kier alpha value is -3.47. The number of rotatable bonds is 4. The van der Waals surface area contributed by atoms with Crippen molar-refractivity contribution >= 4 is 35.2 Å². The van der Waals surface area contributed by atoms with E-state index >= 15 is 0 Å². The first-order valence-electron chi connectivity index (χ1n) is 10.0. The third-order valence-corrected chi connectivity index (χ3v) is 6.27. The molecule has 34 heavy (non-hydrogen) atoms. The molecule has 178 valence electrons. The van der Waals surface area contributed by atoms with E-state index in [0.717, 1.165) is 30.3 Å². The highest BCUT2D eigenvalue weighted by Crippen LogP contribution is 2.53. The molecule has 0 aliphatic carbocycles. The number of hydrogen-bond donors (Lipinski definition) is 2. The van der Waals surface area contributed by atoms with Gasteiger partial charge >= 0.3 is 6.18 Å². The Kier molecular flexibility index (Phi) is 5.84. The molecule has 12 heteroatoms. The molecule has 4 rings (SSSR count). The second-order valence-corrected chi connectivity index (χ2v) is 8.35. The number of amides is 4. The summed E-state index contributed by atoms with van der Waals surface area (Å²) in [4.78, 5) is 49.9. The molecule has 4 amide bonds. The molecule has 0 spiro atoms. The van der Waals surface area contributed by atoms with Gasteiger partial charge in [-0.1, -0.05) is 17.7 Å². The number of benzene rings is 2. The minimum Gasteiger partial charge on any atom is -0.366 e. The number of nitrogens with one attached hydrogen (secondary N) is 1. The Labute approximate surface area is 194 Å². The SMILES string of the molecule is NC(=O)c1ccc2c(c1)C([C@@H](c1c(F)cccc1Cl)C(F)(F)F)N(C1CCC(=O)NC1=O)C2=O. The number of imide groups is 1. The fourth-order valence-electron chi connectivity index (χ4n) is 4.50. The van der Waals surface area contributed by atoms with Crippen LogP contribution in [0, 0.1) is 5.82 Å². The molecule has 0 radical (unpaired) electrons. The molecule has 7 nitrogen and oxygen atoms in total. The number of carbonyl (C=O) groups is 4. The van der Waals surface area contributed by atoms with Crippen LogP contribution in [0.4, 0.5) is 17.6 Å². The second-order valence-electron chi connectivity index (χ2n) is 7.95. The second kappa shape index (κ2) is 8.39. The third kappa shape index (κ3) is 3.89. The van der Waals surface area contributed by atoms with Crippen molar-refractivity contribution in [1.82, 2.24) is 10.2 Å². The highest BCUT2D eigenvalue weighted by molar-refractivity contribution is 6.31. The van der Waals surface area contributed by atoms with Crippen LogP contribution < -0.4 is 11.1 Å². The van der Waals surface area contributed by atoms with Crippen molar-refractivity contribution in [2.75, 3.05) is 0 Å². The minimum atomic E-state index is -5.14. The summed E-state index contributed by atoms with van der Waals surface area (Å²) in [6.45, 7) is 0. The van der Waals surface area contributed by atoms with Gasteiger partial charge < -0.3 is 10.6 Å². The summed E-state index contributed by atoms with van der Waals surface area (Å²) in [5, 5.41) is 1.49. The number of nitrogens with zero attached hydrogens (tertiary/aromatic N) is 1. The van der Waals surface area contributed by atoms with Crippen LogP contribution in [0.25, 0.3) is 0 Å². The number of fused-ring (bicyclic) bond motifs is 1. The van der Waals surface area contributed by atoms with Gasteiger partial charge in [-0.2, -0.15) is 13.2 Å². The summed E-state index contributed by atoms with van der Waals surface area (Å²) < 4.78 is 58.5. The molecule has 2 aromatic rings. The average Bonchev–Trinajstić information content (AvgIpc) is 3.01. The lowest BCUT2D eigenvalue weighted by molar-refractivity contribution is -0.167. The van der Waals surface area contributed by atoms with Crippen molar-refractivity contribution in [3.8, 4) is 0 Å². The van der Waals surface area contributed by atoms with Gasteiger partial charge in [-0.15, -0.1) is 0 Å². The van der Waals surface area contributed by atoms with E-state index in [4.69, 9.17) is 17.3 Å². The molecule has 2 unspecified atom stereocenters. The molecule has 2 aliphatic rings. The standard InChI is InChI=1S/C22H16ClF4N3O4/c23-12-2-1-3-13(24)16(12)17(22(25,26)27)18-11-8-9(19(28)32)4-5-10(11)21(34)30(18)14-6-7-15(31)29-20(14)33/h1-5,8,14,17-18H,6-7H2,(H2,28,32)(H,29,31,33)/t14?,17-,18?/m1/s1. The van der Waals surface area contributed by atoms with E-state index in [9.17, 15) is 36.7 Å². The Bertz CT molecular complexity index is 1210. The van der Waals surface area contributed by atoms with E-state index in [1.807, 2.05) is 5.32 Å². The zero-order valence-electron chi connectivity index (χ0n) is 17.2. The van der Waals surface area contributed by atoms with Crippen LogP contribution in [0.1, 0.15) is 56.6 Å². The Morgan fingerprint density at radius 2 is 1.88 bits per heavy atom. The van der Waals surface area contributed by atoms with Crippen LogP contribution in [-0.2, 0) is 9.59 Å².